The molecule has 2 rings (SSSR count). The van der Waals surface area contributed by atoms with Gasteiger partial charge in [0.15, 0.2) is 0 Å². The van der Waals surface area contributed by atoms with Crippen molar-refractivity contribution < 1.29 is 0 Å². The molecule has 1 aromatic carbocycles. The lowest BCUT2D eigenvalue weighted by atomic mass is 9.98. The van der Waals surface area contributed by atoms with Gasteiger partial charge in [0.2, 0.25) is 0 Å². The second-order valence-corrected chi connectivity index (χ2v) is 5.74. The summed E-state index contributed by atoms with van der Waals surface area (Å²) in [5.74, 6) is 0.959. The predicted octanol–water partition coefficient (Wildman–Crippen LogP) is 4.47. The quantitative estimate of drug-likeness (QED) is 0.758. The fourth-order valence-corrected chi connectivity index (χ4v) is 2.99. The van der Waals surface area contributed by atoms with Crippen molar-refractivity contribution in [1.82, 2.24) is 4.98 Å². The van der Waals surface area contributed by atoms with Gasteiger partial charge >= 0.3 is 0 Å². The summed E-state index contributed by atoms with van der Waals surface area (Å²) in [5, 5.41) is 3.15. The number of hydrogen-bond acceptors (Lipinski definition) is 2. The number of aromatic nitrogens is 1. The van der Waals surface area contributed by atoms with Crippen LogP contribution < -0.4 is 0 Å². The SMILES string of the molecule is ClCC(Cc1nccs1)c1cccc(Br)c1. The normalized spacial score (nSPS) is 12.6. The summed E-state index contributed by atoms with van der Waals surface area (Å²) in [5.41, 5.74) is 1.26. The minimum atomic E-state index is 0.338. The summed E-state index contributed by atoms with van der Waals surface area (Å²) < 4.78 is 1.10. The monoisotopic (exact) mass is 315 g/mol. The van der Waals surface area contributed by atoms with Crippen molar-refractivity contribution in [2.45, 2.75) is 12.3 Å². The molecule has 1 aromatic heterocycles. The standard InChI is InChI=1S/C12H11BrClNS/c13-11-3-1-2-9(6-11)10(8-14)7-12-15-4-5-16-12/h1-6,10H,7-8H2. The smallest absolute Gasteiger partial charge is 0.0931 e. The van der Waals surface area contributed by atoms with Gasteiger partial charge in [0, 0.05) is 34.3 Å². The van der Waals surface area contributed by atoms with Crippen molar-refractivity contribution in [1.29, 1.82) is 0 Å². The predicted molar refractivity (Wildman–Crippen MR) is 73.4 cm³/mol. The Labute approximate surface area is 113 Å². The fraction of sp³-hybridized carbons (Fsp3) is 0.250. The summed E-state index contributed by atoms with van der Waals surface area (Å²) in [7, 11) is 0. The van der Waals surface area contributed by atoms with Crippen LogP contribution in [0, 0.1) is 0 Å². The zero-order valence-corrected chi connectivity index (χ0v) is 11.7. The fourth-order valence-electron chi connectivity index (χ4n) is 1.59. The first-order valence-corrected chi connectivity index (χ1v) is 7.20. The van der Waals surface area contributed by atoms with Crippen LogP contribution >= 0.6 is 38.9 Å². The van der Waals surface area contributed by atoms with Gasteiger partial charge in [0.05, 0.1) is 5.01 Å². The van der Waals surface area contributed by atoms with Gasteiger partial charge in [-0.05, 0) is 17.7 Å². The number of hydrogen-bond donors (Lipinski definition) is 0. The molecule has 0 saturated carbocycles. The highest BCUT2D eigenvalue weighted by molar-refractivity contribution is 9.10. The molecule has 1 unspecified atom stereocenters. The van der Waals surface area contributed by atoms with E-state index in [1.165, 1.54) is 5.56 Å². The zero-order valence-electron chi connectivity index (χ0n) is 8.57. The third-order valence-electron chi connectivity index (χ3n) is 2.41. The van der Waals surface area contributed by atoms with E-state index in [1.54, 1.807) is 11.3 Å². The number of thiazole rings is 1. The second kappa shape index (κ2) is 5.80. The molecule has 0 radical (unpaired) electrons. The maximum atomic E-state index is 6.03. The van der Waals surface area contributed by atoms with E-state index in [-0.39, 0.29) is 0 Å². The molecule has 0 fully saturated rings. The first-order chi connectivity index (χ1) is 7.79. The van der Waals surface area contributed by atoms with E-state index >= 15 is 0 Å². The van der Waals surface area contributed by atoms with Crippen LogP contribution in [0.2, 0.25) is 0 Å². The molecule has 4 heteroatoms. The van der Waals surface area contributed by atoms with Gasteiger partial charge in [0.25, 0.3) is 0 Å². The summed E-state index contributed by atoms with van der Waals surface area (Å²) in [6.45, 7) is 0. The number of nitrogens with zero attached hydrogens (tertiary/aromatic N) is 1. The Morgan fingerprint density at radius 3 is 2.94 bits per heavy atom. The van der Waals surface area contributed by atoms with Crippen molar-refractivity contribution >= 4 is 38.9 Å². The van der Waals surface area contributed by atoms with E-state index in [0.717, 1.165) is 15.9 Å². The third kappa shape index (κ3) is 3.06. The van der Waals surface area contributed by atoms with Crippen LogP contribution in [0.1, 0.15) is 16.5 Å². The highest BCUT2D eigenvalue weighted by Gasteiger charge is 2.12. The second-order valence-electron chi connectivity index (χ2n) is 3.54. The number of benzene rings is 1. The average molecular weight is 317 g/mol. The van der Waals surface area contributed by atoms with Crippen molar-refractivity contribution in [2.24, 2.45) is 0 Å². The van der Waals surface area contributed by atoms with E-state index in [0.29, 0.717) is 11.8 Å². The molecule has 0 aliphatic rings. The van der Waals surface area contributed by atoms with E-state index in [4.69, 9.17) is 11.6 Å². The van der Waals surface area contributed by atoms with Crippen LogP contribution in [0.3, 0.4) is 0 Å². The molecule has 0 spiro atoms. The molecule has 0 saturated heterocycles. The minimum absolute atomic E-state index is 0.338. The molecule has 84 valence electrons. The van der Waals surface area contributed by atoms with Gasteiger partial charge in [0.1, 0.15) is 0 Å². The molecule has 0 aliphatic carbocycles. The molecule has 1 heterocycles. The number of alkyl halides is 1. The average Bonchev–Trinajstić information content (AvgIpc) is 2.78. The van der Waals surface area contributed by atoms with Crippen LogP contribution in [-0.4, -0.2) is 10.9 Å². The largest absolute Gasteiger partial charge is 0.250 e. The van der Waals surface area contributed by atoms with Crippen LogP contribution in [0.25, 0.3) is 0 Å². The molecule has 1 nitrogen and oxygen atoms in total. The Morgan fingerprint density at radius 1 is 1.44 bits per heavy atom. The van der Waals surface area contributed by atoms with E-state index in [1.807, 2.05) is 23.7 Å². The number of rotatable bonds is 4. The summed E-state index contributed by atoms with van der Waals surface area (Å²) in [4.78, 5) is 4.30. The summed E-state index contributed by atoms with van der Waals surface area (Å²) in [6.07, 6.45) is 2.75. The van der Waals surface area contributed by atoms with Gasteiger partial charge in [-0.2, -0.15) is 0 Å². The molecule has 1 atom stereocenters. The molecule has 16 heavy (non-hydrogen) atoms. The lowest BCUT2D eigenvalue weighted by Crippen LogP contribution is -2.04. The van der Waals surface area contributed by atoms with Crippen molar-refractivity contribution in [3.8, 4) is 0 Å². The first kappa shape index (κ1) is 12.1. The minimum Gasteiger partial charge on any atom is -0.250 e. The molecule has 0 aliphatic heterocycles. The Morgan fingerprint density at radius 2 is 2.31 bits per heavy atom. The third-order valence-corrected chi connectivity index (χ3v) is 4.08. The lowest BCUT2D eigenvalue weighted by Gasteiger charge is -2.12. The van der Waals surface area contributed by atoms with Crippen molar-refractivity contribution in [3.63, 3.8) is 0 Å². The lowest BCUT2D eigenvalue weighted by molar-refractivity contribution is 0.760. The van der Waals surface area contributed by atoms with Gasteiger partial charge in [-0.3, -0.25) is 0 Å². The van der Waals surface area contributed by atoms with Crippen molar-refractivity contribution in [2.75, 3.05) is 5.88 Å². The van der Waals surface area contributed by atoms with E-state index in [2.05, 4.69) is 33.0 Å². The van der Waals surface area contributed by atoms with Crippen LogP contribution in [0.15, 0.2) is 40.3 Å². The summed E-state index contributed by atoms with van der Waals surface area (Å²) in [6, 6.07) is 8.31. The van der Waals surface area contributed by atoms with Gasteiger partial charge in [-0.15, -0.1) is 22.9 Å². The Kier molecular flexibility index (Phi) is 4.38. The van der Waals surface area contributed by atoms with Crippen LogP contribution in [0.5, 0.6) is 0 Å². The van der Waals surface area contributed by atoms with Crippen molar-refractivity contribution in [3.05, 3.63) is 50.9 Å². The zero-order chi connectivity index (χ0) is 11.4. The molecule has 0 amide bonds. The van der Waals surface area contributed by atoms with Crippen LogP contribution in [0.4, 0.5) is 0 Å². The summed E-state index contributed by atoms with van der Waals surface area (Å²) >= 11 is 11.2. The van der Waals surface area contributed by atoms with Crippen LogP contribution in [-0.2, 0) is 6.42 Å². The molecule has 0 N–H and O–H groups in total. The van der Waals surface area contributed by atoms with E-state index in [9.17, 15) is 0 Å². The Balaban J connectivity index is 2.16. The highest BCUT2D eigenvalue weighted by Crippen LogP contribution is 2.25. The molecular formula is C12H11BrClNS. The van der Waals surface area contributed by atoms with Gasteiger partial charge < -0.3 is 0 Å². The van der Waals surface area contributed by atoms with Gasteiger partial charge in [-0.25, -0.2) is 4.98 Å². The molecule has 0 bridgehead atoms. The maximum absolute atomic E-state index is 6.03. The van der Waals surface area contributed by atoms with E-state index < -0.39 is 0 Å². The maximum Gasteiger partial charge on any atom is 0.0931 e. The topological polar surface area (TPSA) is 12.9 Å². The van der Waals surface area contributed by atoms with Gasteiger partial charge in [-0.1, -0.05) is 28.1 Å². The molecule has 2 aromatic rings. The Hall–Kier alpha value is -0.380. The first-order valence-electron chi connectivity index (χ1n) is 4.99. The number of halogens is 2. The highest BCUT2D eigenvalue weighted by atomic mass is 79.9. The molecular weight excluding hydrogens is 306 g/mol. The Bertz CT molecular complexity index is 444.